The van der Waals surface area contributed by atoms with E-state index in [-0.39, 0.29) is 6.79 Å². The summed E-state index contributed by atoms with van der Waals surface area (Å²) in [4.78, 5) is 10.8. The van der Waals surface area contributed by atoms with E-state index in [1.165, 1.54) is 12.8 Å². The average molecular weight is 241 g/mol. The van der Waals surface area contributed by atoms with Crippen molar-refractivity contribution < 1.29 is 14.3 Å². The lowest BCUT2D eigenvalue weighted by Gasteiger charge is -2.09. The van der Waals surface area contributed by atoms with Crippen molar-refractivity contribution in [2.24, 2.45) is 5.92 Å². The fourth-order valence-corrected chi connectivity index (χ4v) is 1.57. The quantitative estimate of drug-likeness (QED) is 0.436. The van der Waals surface area contributed by atoms with Crippen LogP contribution in [0.1, 0.15) is 23.2 Å². The molecule has 3 nitrogen and oxygen atoms in total. The maximum Gasteiger partial charge on any atom is 0.189 e. The molecule has 0 aliphatic heterocycles. The first-order valence-electron chi connectivity index (χ1n) is 5.25. The van der Waals surface area contributed by atoms with Gasteiger partial charge in [-0.1, -0.05) is 17.7 Å². The molecule has 0 aromatic heterocycles. The molecule has 1 aliphatic carbocycles. The number of ether oxygens (including phenoxy) is 2. The highest BCUT2D eigenvalue weighted by Crippen LogP contribution is 2.29. The fraction of sp³-hybridized carbons (Fsp3) is 0.417. The van der Waals surface area contributed by atoms with Crippen LogP contribution in [-0.2, 0) is 4.74 Å². The van der Waals surface area contributed by atoms with Gasteiger partial charge in [0.15, 0.2) is 13.1 Å². The Hall–Kier alpha value is -1.06. The highest BCUT2D eigenvalue weighted by Gasteiger charge is 2.21. The van der Waals surface area contributed by atoms with Crippen LogP contribution in [0.25, 0.3) is 0 Å². The van der Waals surface area contributed by atoms with Gasteiger partial charge in [-0.2, -0.15) is 0 Å². The van der Waals surface area contributed by atoms with Gasteiger partial charge in [-0.25, -0.2) is 0 Å². The smallest absolute Gasteiger partial charge is 0.189 e. The van der Waals surface area contributed by atoms with Crippen LogP contribution in [-0.4, -0.2) is 19.7 Å². The Morgan fingerprint density at radius 2 is 2.25 bits per heavy atom. The topological polar surface area (TPSA) is 35.5 Å². The molecule has 0 heterocycles. The fourth-order valence-electron chi connectivity index (χ4n) is 1.36. The summed E-state index contributed by atoms with van der Waals surface area (Å²) in [7, 11) is 0. The number of hydrogen-bond donors (Lipinski definition) is 0. The zero-order valence-corrected chi connectivity index (χ0v) is 9.57. The Labute approximate surface area is 99.3 Å². The number of aldehydes is 1. The standard InChI is InChI=1S/C12H13ClO3/c13-11-2-1-3-12(10(11)6-14)16-8-15-7-9-4-5-9/h1-3,6,9H,4-5,7-8H2. The molecule has 1 fully saturated rings. The maximum atomic E-state index is 10.8. The van der Waals surface area contributed by atoms with E-state index in [0.29, 0.717) is 28.5 Å². The third-order valence-electron chi connectivity index (χ3n) is 2.48. The van der Waals surface area contributed by atoms with Gasteiger partial charge in [0.25, 0.3) is 0 Å². The summed E-state index contributed by atoms with van der Waals surface area (Å²) in [5.74, 6) is 1.17. The minimum atomic E-state index is 0.164. The lowest BCUT2D eigenvalue weighted by molar-refractivity contribution is 0.00970. The van der Waals surface area contributed by atoms with E-state index in [1.807, 2.05) is 0 Å². The van der Waals surface area contributed by atoms with Crippen molar-refractivity contribution in [3.8, 4) is 5.75 Å². The number of benzene rings is 1. The molecule has 1 aromatic carbocycles. The van der Waals surface area contributed by atoms with Crippen molar-refractivity contribution in [2.45, 2.75) is 12.8 Å². The summed E-state index contributed by atoms with van der Waals surface area (Å²) in [5.41, 5.74) is 0.374. The Bertz CT molecular complexity index is 375. The monoisotopic (exact) mass is 240 g/mol. The molecule has 0 radical (unpaired) electrons. The highest BCUT2D eigenvalue weighted by molar-refractivity contribution is 6.33. The minimum absolute atomic E-state index is 0.164. The molecule has 0 N–H and O–H groups in total. The number of halogens is 1. The van der Waals surface area contributed by atoms with Crippen LogP contribution in [0.15, 0.2) is 18.2 Å². The molecule has 0 unspecified atom stereocenters. The molecule has 4 heteroatoms. The van der Waals surface area contributed by atoms with Crippen LogP contribution >= 0.6 is 11.6 Å². The first kappa shape index (κ1) is 11.4. The van der Waals surface area contributed by atoms with Crippen molar-refractivity contribution in [1.82, 2.24) is 0 Å². The SMILES string of the molecule is O=Cc1c(Cl)cccc1OCOCC1CC1. The van der Waals surface area contributed by atoms with E-state index in [2.05, 4.69) is 0 Å². The first-order valence-corrected chi connectivity index (χ1v) is 5.63. The summed E-state index contributed by atoms with van der Waals surface area (Å²) >= 11 is 5.85. The second kappa shape index (κ2) is 5.32. The Kier molecular flexibility index (Phi) is 3.80. The van der Waals surface area contributed by atoms with E-state index in [4.69, 9.17) is 21.1 Å². The molecular weight excluding hydrogens is 228 g/mol. The predicted molar refractivity (Wildman–Crippen MR) is 61.0 cm³/mol. The molecule has 86 valence electrons. The number of hydrogen-bond acceptors (Lipinski definition) is 3. The van der Waals surface area contributed by atoms with Crippen LogP contribution in [0.4, 0.5) is 0 Å². The molecule has 1 aromatic rings. The van der Waals surface area contributed by atoms with E-state index >= 15 is 0 Å². The van der Waals surface area contributed by atoms with Crippen LogP contribution < -0.4 is 4.74 Å². The van der Waals surface area contributed by atoms with Gasteiger partial charge in [0, 0.05) is 0 Å². The van der Waals surface area contributed by atoms with Gasteiger partial charge in [0.1, 0.15) is 5.75 Å². The van der Waals surface area contributed by atoms with Gasteiger partial charge < -0.3 is 9.47 Å². The predicted octanol–water partition coefficient (Wildman–Crippen LogP) is 2.92. The Balaban J connectivity index is 1.86. The van der Waals surface area contributed by atoms with Crippen molar-refractivity contribution in [1.29, 1.82) is 0 Å². The molecule has 0 amide bonds. The van der Waals surface area contributed by atoms with Crippen LogP contribution in [0, 0.1) is 5.92 Å². The van der Waals surface area contributed by atoms with Gasteiger partial charge in [-0.05, 0) is 30.9 Å². The summed E-state index contributed by atoms with van der Waals surface area (Å²) in [6.45, 7) is 0.897. The average Bonchev–Trinajstić information content (AvgIpc) is 3.08. The minimum Gasteiger partial charge on any atom is -0.467 e. The summed E-state index contributed by atoms with van der Waals surface area (Å²) in [6, 6.07) is 5.10. The lowest BCUT2D eigenvalue weighted by atomic mass is 10.2. The number of rotatable bonds is 6. The normalized spacial score (nSPS) is 14.8. The van der Waals surface area contributed by atoms with Gasteiger partial charge in [-0.15, -0.1) is 0 Å². The second-order valence-corrected chi connectivity index (χ2v) is 4.25. The van der Waals surface area contributed by atoms with Crippen molar-refractivity contribution >= 4 is 17.9 Å². The third-order valence-corrected chi connectivity index (χ3v) is 2.81. The maximum absolute atomic E-state index is 10.8. The van der Waals surface area contributed by atoms with Gasteiger partial charge in [-0.3, -0.25) is 4.79 Å². The molecule has 1 aliphatic rings. The first-order chi connectivity index (χ1) is 7.81. The lowest BCUT2D eigenvalue weighted by Crippen LogP contribution is -2.06. The van der Waals surface area contributed by atoms with E-state index in [9.17, 15) is 4.79 Å². The van der Waals surface area contributed by atoms with Crippen LogP contribution in [0.3, 0.4) is 0 Å². The van der Waals surface area contributed by atoms with Crippen molar-refractivity contribution in [3.63, 3.8) is 0 Å². The van der Waals surface area contributed by atoms with Crippen molar-refractivity contribution in [2.75, 3.05) is 13.4 Å². The molecule has 1 saturated carbocycles. The highest BCUT2D eigenvalue weighted by atomic mass is 35.5. The van der Waals surface area contributed by atoms with Gasteiger partial charge >= 0.3 is 0 Å². The molecular formula is C12H13ClO3. The third kappa shape index (κ3) is 2.97. The largest absolute Gasteiger partial charge is 0.467 e. The zero-order chi connectivity index (χ0) is 11.4. The van der Waals surface area contributed by atoms with Gasteiger partial charge in [0.05, 0.1) is 17.2 Å². The Morgan fingerprint density at radius 1 is 1.44 bits per heavy atom. The van der Waals surface area contributed by atoms with Crippen LogP contribution in [0.5, 0.6) is 5.75 Å². The van der Waals surface area contributed by atoms with E-state index < -0.39 is 0 Å². The molecule has 0 bridgehead atoms. The molecule has 2 rings (SSSR count). The van der Waals surface area contributed by atoms with Gasteiger partial charge in [0.2, 0.25) is 0 Å². The van der Waals surface area contributed by atoms with E-state index in [0.717, 1.165) is 6.61 Å². The van der Waals surface area contributed by atoms with E-state index in [1.54, 1.807) is 18.2 Å². The molecule has 0 atom stereocenters. The molecule has 0 spiro atoms. The summed E-state index contributed by atoms with van der Waals surface area (Å²) in [6.07, 6.45) is 3.19. The van der Waals surface area contributed by atoms with Crippen molar-refractivity contribution in [3.05, 3.63) is 28.8 Å². The summed E-state index contributed by atoms with van der Waals surface area (Å²) in [5, 5.41) is 0.398. The summed E-state index contributed by atoms with van der Waals surface area (Å²) < 4.78 is 10.7. The zero-order valence-electron chi connectivity index (χ0n) is 8.82. The Morgan fingerprint density at radius 3 is 2.94 bits per heavy atom. The molecule has 16 heavy (non-hydrogen) atoms. The number of carbonyl (C=O) groups is 1. The number of carbonyl (C=O) groups excluding carboxylic acids is 1. The molecule has 0 saturated heterocycles. The van der Waals surface area contributed by atoms with Crippen LogP contribution in [0.2, 0.25) is 5.02 Å². The second-order valence-electron chi connectivity index (χ2n) is 3.85.